The van der Waals surface area contributed by atoms with Crippen LogP contribution in [0.1, 0.15) is 5.56 Å². The number of H-pyrrole nitrogens is 1. The number of fused-ring (bicyclic) bond motifs is 1. The first-order valence-electron chi connectivity index (χ1n) is 6.50. The summed E-state index contributed by atoms with van der Waals surface area (Å²) in [6, 6.07) is 15.0. The van der Waals surface area contributed by atoms with Gasteiger partial charge >= 0.3 is 0 Å². The molecular formula is C16H15IN2S. The minimum atomic E-state index is 0.684. The normalized spacial score (nSPS) is 11.1. The Hall–Kier alpha value is -0.980. The number of halogens is 1. The summed E-state index contributed by atoms with van der Waals surface area (Å²) in [5, 5.41) is 1.28. The van der Waals surface area contributed by atoms with Crippen LogP contribution < -0.4 is 5.73 Å². The van der Waals surface area contributed by atoms with Crippen LogP contribution in [0.3, 0.4) is 0 Å². The predicted octanol–water partition coefficient (Wildman–Crippen LogP) is 4.42. The average molecular weight is 394 g/mol. The van der Waals surface area contributed by atoms with E-state index in [9.17, 15) is 0 Å². The molecule has 0 aliphatic rings. The van der Waals surface area contributed by atoms with Gasteiger partial charge in [0.15, 0.2) is 0 Å². The van der Waals surface area contributed by atoms with E-state index in [0.717, 1.165) is 6.42 Å². The third-order valence-corrected chi connectivity index (χ3v) is 5.06. The molecule has 1 heterocycles. The van der Waals surface area contributed by atoms with Crippen molar-refractivity contribution in [3.8, 4) is 0 Å². The number of rotatable bonds is 4. The molecule has 0 atom stereocenters. The van der Waals surface area contributed by atoms with Crippen molar-refractivity contribution in [2.45, 2.75) is 16.2 Å². The third-order valence-electron chi connectivity index (χ3n) is 3.21. The lowest BCUT2D eigenvalue weighted by Crippen LogP contribution is -2.03. The van der Waals surface area contributed by atoms with Crippen molar-refractivity contribution in [1.82, 2.24) is 4.98 Å². The zero-order valence-corrected chi connectivity index (χ0v) is 13.9. The fraction of sp³-hybridized carbons (Fsp3) is 0.125. The quantitative estimate of drug-likeness (QED) is 0.643. The van der Waals surface area contributed by atoms with Crippen LogP contribution in [0.5, 0.6) is 0 Å². The van der Waals surface area contributed by atoms with E-state index in [1.54, 1.807) is 0 Å². The maximum atomic E-state index is 5.70. The second-order valence-corrected chi connectivity index (χ2v) is 6.92. The van der Waals surface area contributed by atoms with E-state index in [1.165, 1.54) is 29.8 Å². The van der Waals surface area contributed by atoms with Crippen LogP contribution >= 0.6 is 34.4 Å². The number of aromatic amines is 1. The molecule has 4 heteroatoms. The van der Waals surface area contributed by atoms with Gasteiger partial charge in [-0.3, -0.25) is 0 Å². The van der Waals surface area contributed by atoms with E-state index in [2.05, 4.69) is 76.2 Å². The first-order valence-corrected chi connectivity index (χ1v) is 8.40. The van der Waals surface area contributed by atoms with E-state index in [-0.39, 0.29) is 0 Å². The second-order valence-electron chi connectivity index (χ2n) is 4.59. The number of benzene rings is 2. The lowest BCUT2D eigenvalue weighted by atomic mass is 10.1. The zero-order chi connectivity index (χ0) is 13.9. The van der Waals surface area contributed by atoms with E-state index in [1.807, 2.05) is 11.8 Å². The largest absolute Gasteiger partial charge is 0.360 e. The minimum absolute atomic E-state index is 0.684. The molecule has 0 saturated heterocycles. The van der Waals surface area contributed by atoms with Crippen molar-refractivity contribution in [2.24, 2.45) is 5.73 Å². The van der Waals surface area contributed by atoms with Gasteiger partial charge in [0.05, 0.1) is 0 Å². The van der Waals surface area contributed by atoms with Crippen LogP contribution in [0.25, 0.3) is 10.9 Å². The van der Waals surface area contributed by atoms with Gasteiger partial charge in [-0.05, 0) is 65.4 Å². The molecule has 0 spiro atoms. The Kier molecular flexibility index (Phi) is 4.33. The van der Waals surface area contributed by atoms with E-state index >= 15 is 0 Å². The second kappa shape index (κ2) is 6.20. The summed E-state index contributed by atoms with van der Waals surface area (Å²) < 4.78 is 1.26. The molecule has 0 aliphatic carbocycles. The van der Waals surface area contributed by atoms with Crippen LogP contribution in [-0.4, -0.2) is 11.5 Å². The van der Waals surface area contributed by atoms with E-state index < -0.39 is 0 Å². The molecule has 3 N–H and O–H groups in total. The van der Waals surface area contributed by atoms with Crippen LogP contribution in [0.15, 0.2) is 58.5 Å². The maximum absolute atomic E-state index is 5.70. The maximum Gasteiger partial charge on any atom is 0.0466 e. The first kappa shape index (κ1) is 14.0. The Labute approximate surface area is 136 Å². The lowest BCUT2D eigenvalue weighted by molar-refractivity contribution is 0.944. The van der Waals surface area contributed by atoms with Crippen LogP contribution in [0.4, 0.5) is 0 Å². The summed E-state index contributed by atoms with van der Waals surface area (Å²) in [7, 11) is 0. The molecule has 0 fully saturated rings. The highest BCUT2D eigenvalue weighted by atomic mass is 127. The van der Waals surface area contributed by atoms with Gasteiger partial charge in [0.1, 0.15) is 0 Å². The Morgan fingerprint density at radius 1 is 1.10 bits per heavy atom. The Morgan fingerprint density at radius 3 is 2.80 bits per heavy atom. The molecule has 0 aliphatic heterocycles. The number of aromatic nitrogens is 1. The van der Waals surface area contributed by atoms with E-state index in [4.69, 9.17) is 5.73 Å². The summed E-state index contributed by atoms with van der Waals surface area (Å²) in [6.45, 7) is 0.684. The smallest absolute Gasteiger partial charge is 0.0466 e. The highest BCUT2D eigenvalue weighted by Gasteiger charge is 2.08. The average Bonchev–Trinajstić information content (AvgIpc) is 2.84. The molecule has 0 amide bonds. The van der Waals surface area contributed by atoms with Crippen molar-refractivity contribution in [3.05, 3.63) is 57.8 Å². The highest BCUT2D eigenvalue weighted by Crippen LogP contribution is 2.35. The molecule has 0 radical (unpaired) electrons. The minimum Gasteiger partial charge on any atom is -0.360 e. The molecule has 0 saturated carbocycles. The van der Waals surface area contributed by atoms with Gasteiger partial charge in [-0.15, -0.1) is 0 Å². The fourth-order valence-electron chi connectivity index (χ4n) is 2.24. The molecular weight excluding hydrogens is 379 g/mol. The van der Waals surface area contributed by atoms with Crippen LogP contribution in [-0.2, 0) is 6.42 Å². The van der Waals surface area contributed by atoms with Gasteiger partial charge < -0.3 is 10.7 Å². The molecule has 1 aromatic heterocycles. The Balaban J connectivity index is 1.99. The summed E-state index contributed by atoms with van der Waals surface area (Å²) in [6.07, 6.45) is 3.01. The summed E-state index contributed by atoms with van der Waals surface area (Å²) >= 11 is 4.16. The Bertz CT molecular complexity index is 736. The molecule has 20 heavy (non-hydrogen) atoms. The van der Waals surface area contributed by atoms with Crippen molar-refractivity contribution in [3.63, 3.8) is 0 Å². The summed E-state index contributed by atoms with van der Waals surface area (Å²) in [5.74, 6) is 0. The van der Waals surface area contributed by atoms with Crippen molar-refractivity contribution in [2.75, 3.05) is 6.54 Å². The lowest BCUT2D eigenvalue weighted by Gasteiger charge is -2.07. The van der Waals surface area contributed by atoms with Crippen LogP contribution in [0, 0.1) is 3.57 Å². The zero-order valence-electron chi connectivity index (χ0n) is 10.9. The van der Waals surface area contributed by atoms with Crippen LogP contribution in [0.2, 0.25) is 0 Å². The molecule has 3 aromatic rings. The standard InChI is InChI=1S/C16H15IN2S/c17-12-5-6-14-13(9-12)16(10-19-14)20-15-4-2-1-3-11(15)7-8-18/h1-6,9-10,19H,7-8,18H2. The van der Waals surface area contributed by atoms with E-state index in [0.29, 0.717) is 6.54 Å². The van der Waals surface area contributed by atoms with Gasteiger partial charge in [0, 0.05) is 30.5 Å². The van der Waals surface area contributed by atoms with Gasteiger partial charge in [-0.2, -0.15) is 0 Å². The molecule has 2 nitrogen and oxygen atoms in total. The van der Waals surface area contributed by atoms with Crippen molar-refractivity contribution < 1.29 is 0 Å². The monoisotopic (exact) mass is 394 g/mol. The van der Waals surface area contributed by atoms with Crippen molar-refractivity contribution in [1.29, 1.82) is 0 Å². The van der Waals surface area contributed by atoms with Gasteiger partial charge in [-0.25, -0.2) is 0 Å². The number of hydrogen-bond donors (Lipinski definition) is 2. The number of nitrogens with two attached hydrogens (primary N) is 1. The first-order chi connectivity index (χ1) is 9.78. The van der Waals surface area contributed by atoms with Gasteiger partial charge in [0.25, 0.3) is 0 Å². The highest BCUT2D eigenvalue weighted by molar-refractivity contribution is 14.1. The molecule has 3 rings (SSSR count). The molecule has 2 aromatic carbocycles. The Morgan fingerprint density at radius 2 is 1.95 bits per heavy atom. The van der Waals surface area contributed by atoms with Crippen molar-refractivity contribution >= 4 is 45.3 Å². The van der Waals surface area contributed by atoms with Gasteiger partial charge in [-0.1, -0.05) is 30.0 Å². The molecule has 0 unspecified atom stereocenters. The number of nitrogens with one attached hydrogen (secondary N) is 1. The summed E-state index contributed by atoms with van der Waals surface area (Å²) in [4.78, 5) is 5.89. The fourth-order valence-corrected chi connectivity index (χ4v) is 3.81. The third kappa shape index (κ3) is 2.87. The molecule has 102 valence electrons. The predicted molar refractivity (Wildman–Crippen MR) is 94.3 cm³/mol. The molecule has 0 bridgehead atoms. The SMILES string of the molecule is NCCc1ccccc1Sc1c[nH]c2ccc(I)cc12. The van der Waals surface area contributed by atoms with Gasteiger partial charge in [0.2, 0.25) is 0 Å². The number of hydrogen-bond acceptors (Lipinski definition) is 2. The topological polar surface area (TPSA) is 41.8 Å². The summed E-state index contributed by atoms with van der Waals surface area (Å²) in [5.41, 5.74) is 8.20.